The van der Waals surface area contributed by atoms with E-state index < -0.39 is 10.8 Å². The Morgan fingerprint density at radius 3 is 2.41 bits per heavy atom. The fourth-order valence-corrected chi connectivity index (χ4v) is 5.26. The molecule has 0 spiro atoms. The summed E-state index contributed by atoms with van der Waals surface area (Å²) in [6, 6.07) is 13.9. The van der Waals surface area contributed by atoms with Crippen molar-refractivity contribution >= 4 is 23.0 Å². The Hall–Kier alpha value is -3.54. The molecule has 1 aliphatic heterocycles. The summed E-state index contributed by atoms with van der Waals surface area (Å²) in [7, 11) is 0. The van der Waals surface area contributed by atoms with Crippen LogP contribution < -0.4 is 0 Å². The van der Waals surface area contributed by atoms with Crippen LogP contribution in [0.25, 0.3) is 5.70 Å². The number of nitrogens with zero attached hydrogens (tertiary/aromatic N) is 2. The van der Waals surface area contributed by atoms with E-state index in [0.29, 0.717) is 23.1 Å². The van der Waals surface area contributed by atoms with Crippen molar-refractivity contribution in [3.05, 3.63) is 92.2 Å². The van der Waals surface area contributed by atoms with Crippen LogP contribution in [0.1, 0.15) is 66.4 Å². The van der Waals surface area contributed by atoms with Gasteiger partial charge < -0.3 is 4.90 Å². The molecule has 0 N–H and O–H groups in total. The quantitative estimate of drug-likeness (QED) is 0.470. The van der Waals surface area contributed by atoms with Gasteiger partial charge in [-0.05, 0) is 24.8 Å². The van der Waals surface area contributed by atoms with E-state index in [9.17, 15) is 19.7 Å². The third-order valence-electron chi connectivity index (χ3n) is 6.70. The first-order valence-corrected chi connectivity index (χ1v) is 11.2. The van der Waals surface area contributed by atoms with E-state index >= 15 is 0 Å². The summed E-state index contributed by atoms with van der Waals surface area (Å²) in [6.07, 6.45) is 4.03. The van der Waals surface area contributed by atoms with Crippen molar-refractivity contribution < 1.29 is 14.5 Å². The van der Waals surface area contributed by atoms with Crippen molar-refractivity contribution in [3.8, 4) is 0 Å². The number of hydrogen-bond donors (Lipinski definition) is 0. The number of non-ortho nitro benzene ring substituents is 1. The largest absolute Gasteiger partial charge is 0.344 e. The van der Waals surface area contributed by atoms with Crippen molar-refractivity contribution in [3.63, 3.8) is 0 Å². The molecule has 0 saturated heterocycles. The zero-order valence-electron chi connectivity index (χ0n) is 18.0. The van der Waals surface area contributed by atoms with Gasteiger partial charge in [-0.15, -0.1) is 0 Å². The van der Waals surface area contributed by atoms with Crippen LogP contribution in [0.4, 0.5) is 5.69 Å². The fourth-order valence-electron chi connectivity index (χ4n) is 5.26. The highest BCUT2D eigenvalue weighted by Crippen LogP contribution is 2.52. The maximum atomic E-state index is 13.7. The molecule has 162 valence electrons. The normalized spacial score (nSPS) is 19.8. The van der Waals surface area contributed by atoms with Gasteiger partial charge >= 0.3 is 0 Å². The number of ketones is 2. The van der Waals surface area contributed by atoms with E-state index in [-0.39, 0.29) is 17.3 Å². The number of benzene rings is 2. The summed E-state index contributed by atoms with van der Waals surface area (Å²) in [5, 5.41) is 11.2. The van der Waals surface area contributed by atoms with Gasteiger partial charge in [-0.3, -0.25) is 19.7 Å². The minimum Gasteiger partial charge on any atom is -0.344 e. The second-order valence-electron chi connectivity index (χ2n) is 8.56. The Balaban J connectivity index is 1.75. The van der Waals surface area contributed by atoms with Gasteiger partial charge in [0.25, 0.3) is 5.69 Å². The number of Topliss-reactive ketones (excluding diaryl/α,β-unsaturated/α-hetero) is 2. The van der Waals surface area contributed by atoms with Gasteiger partial charge in [-0.25, -0.2) is 0 Å². The summed E-state index contributed by atoms with van der Waals surface area (Å²) in [5.41, 5.74) is 5.58. The zero-order valence-corrected chi connectivity index (χ0v) is 18.0. The van der Waals surface area contributed by atoms with E-state index in [0.717, 1.165) is 54.7 Å². The first-order chi connectivity index (χ1) is 15.5. The molecule has 6 heteroatoms. The van der Waals surface area contributed by atoms with Crippen LogP contribution in [0.3, 0.4) is 0 Å². The average Bonchev–Trinajstić information content (AvgIpc) is 3.10. The number of rotatable bonds is 5. The van der Waals surface area contributed by atoms with Gasteiger partial charge in [0.1, 0.15) is 0 Å². The second-order valence-corrected chi connectivity index (χ2v) is 8.56. The summed E-state index contributed by atoms with van der Waals surface area (Å²) in [5.74, 6) is -0.469. The fraction of sp³-hybridized carbons (Fsp3) is 0.308. The van der Waals surface area contributed by atoms with E-state index in [4.69, 9.17) is 0 Å². The lowest BCUT2D eigenvalue weighted by Gasteiger charge is -2.40. The first kappa shape index (κ1) is 20.4. The van der Waals surface area contributed by atoms with E-state index in [2.05, 4.69) is 11.8 Å². The lowest BCUT2D eigenvalue weighted by molar-refractivity contribution is -0.384. The number of nitro benzene ring substituents is 1. The van der Waals surface area contributed by atoms with Crippen LogP contribution in [0.15, 0.2) is 65.4 Å². The Morgan fingerprint density at radius 1 is 1.00 bits per heavy atom. The smallest absolute Gasteiger partial charge is 0.269 e. The SMILES string of the molecule is CCCCN1C2=C(C(=O)CCC2)[C@@H](c2ccc([N+](=O)[O-])cc2)C2=C1c1ccccc1C2=O. The molecule has 2 aromatic carbocycles. The number of allylic oxidation sites excluding steroid dienone is 3. The van der Waals surface area contributed by atoms with E-state index in [1.54, 1.807) is 12.1 Å². The Morgan fingerprint density at radius 2 is 1.72 bits per heavy atom. The van der Waals surface area contributed by atoms with Crippen molar-refractivity contribution in [1.82, 2.24) is 4.90 Å². The average molecular weight is 428 g/mol. The molecule has 0 saturated carbocycles. The highest BCUT2D eigenvalue weighted by molar-refractivity contribution is 6.23. The Labute approximate surface area is 186 Å². The maximum absolute atomic E-state index is 13.7. The lowest BCUT2D eigenvalue weighted by atomic mass is 9.74. The molecular formula is C26H24N2O4. The van der Waals surface area contributed by atoms with Gasteiger partial charge in [-0.1, -0.05) is 49.7 Å². The van der Waals surface area contributed by atoms with Crippen molar-refractivity contribution in [2.45, 2.75) is 44.9 Å². The molecule has 1 atom stereocenters. The molecule has 3 aliphatic rings. The predicted molar refractivity (Wildman–Crippen MR) is 121 cm³/mol. The monoisotopic (exact) mass is 428 g/mol. The Kier molecular flexibility index (Phi) is 5.00. The topological polar surface area (TPSA) is 80.5 Å². The van der Waals surface area contributed by atoms with Crippen LogP contribution in [-0.2, 0) is 4.79 Å². The van der Waals surface area contributed by atoms with Crippen molar-refractivity contribution in [2.75, 3.05) is 6.54 Å². The number of hydrogen-bond acceptors (Lipinski definition) is 5. The molecule has 2 aliphatic carbocycles. The molecular weight excluding hydrogens is 404 g/mol. The molecule has 0 unspecified atom stereocenters. The van der Waals surface area contributed by atoms with E-state index in [1.165, 1.54) is 12.1 Å². The zero-order chi connectivity index (χ0) is 22.4. The standard InChI is InChI=1S/C26H24N2O4/c1-2-3-15-27-20-9-6-10-21(29)23(20)22(16-11-13-17(14-12-16)28(31)32)24-25(27)18-7-4-5-8-19(18)26(24)30/h4-5,7-8,11-14,22H,2-3,6,9-10,15H2,1H3/t22-/m1/s1. The van der Waals surface area contributed by atoms with Crippen LogP contribution in [0.5, 0.6) is 0 Å². The number of unbranched alkanes of at least 4 members (excludes halogenated alkanes) is 1. The van der Waals surface area contributed by atoms with E-state index in [1.807, 2.05) is 24.3 Å². The predicted octanol–water partition coefficient (Wildman–Crippen LogP) is 5.41. The third-order valence-corrected chi connectivity index (χ3v) is 6.70. The van der Waals surface area contributed by atoms with Gasteiger partial charge in [-0.2, -0.15) is 0 Å². The molecule has 32 heavy (non-hydrogen) atoms. The van der Waals surface area contributed by atoms with Gasteiger partial charge in [0.05, 0.1) is 10.6 Å². The highest BCUT2D eigenvalue weighted by atomic mass is 16.6. The molecule has 5 rings (SSSR count). The molecule has 0 radical (unpaired) electrons. The molecule has 0 bridgehead atoms. The lowest BCUT2D eigenvalue weighted by Crippen LogP contribution is -2.35. The van der Waals surface area contributed by atoms with Gasteiger partial charge in [0, 0.05) is 59.0 Å². The number of nitro groups is 1. The summed E-state index contributed by atoms with van der Waals surface area (Å²) in [6.45, 7) is 2.89. The van der Waals surface area contributed by atoms with Gasteiger partial charge in [0.15, 0.2) is 11.6 Å². The minimum atomic E-state index is -0.494. The van der Waals surface area contributed by atoms with Crippen molar-refractivity contribution in [1.29, 1.82) is 0 Å². The first-order valence-electron chi connectivity index (χ1n) is 11.2. The molecule has 0 fully saturated rings. The number of fused-ring (bicyclic) bond motifs is 2. The minimum absolute atomic E-state index is 0.00598. The van der Waals surface area contributed by atoms with Crippen LogP contribution >= 0.6 is 0 Å². The number of carbonyl (C=O) groups excluding carboxylic acids is 2. The maximum Gasteiger partial charge on any atom is 0.269 e. The third kappa shape index (κ3) is 3.01. The molecule has 0 amide bonds. The van der Waals surface area contributed by atoms with Crippen LogP contribution in [0.2, 0.25) is 0 Å². The highest BCUT2D eigenvalue weighted by Gasteiger charge is 2.46. The van der Waals surface area contributed by atoms with Crippen LogP contribution in [-0.4, -0.2) is 27.9 Å². The van der Waals surface area contributed by atoms with Crippen LogP contribution in [0, 0.1) is 10.1 Å². The summed E-state index contributed by atoms with van der Waals surface area (Å²) < 4.78 is 0. The second kappa shape index (κ2) is 7.86. The summed E-state index contributed by atoms with van der Waals surface area (Å²) in [4.78, 5) is 39.9. The Bertz CT molecular complexity index is 1210. The molecule has 6 nitrogen and oxygen atoms in total. The van der Waals surface area contributed by atoms with Gasteiger partial charge in [0.2, 0.25) is 0 Å². The molecule has 0 aromatic heterocycles. The molecule has 2 aromatic rings. The summed E-state index contributed by atoms with van der Waals surface area (Å²) >= 11 is 0. The number of carbonyl (C=O) groups is 2. The molecule has 1 heterocycles. The van der Waals surface area contributed by atoms with Crippen molar-refractivity contribution in [2.24, 2.45) is 0 Å².